The van der Waals surface area contributed by atoms with Crippen LogP contribution in [0.4, 0.5) is 11.4 Å². The van der Waals surface area contributed by atoms with Gasteiger partial charge >= 0.3 is 0 Å². The van der Waals surface area contributed by atoms with Crippen LogP contribution in [0, 0.1) is 5.92 Å². The van der Waals surface area contributed by atoms with Crippen molar-refractivity contribution in [2.24, 2.45) is 5.92 Å². The molecule has 188 valence electrons. The van der Waals surface area contributed by atoms with Crippen LogP contribution in [-0.4, -0.2) is 37.8 Å². The van der Waals surface area contributed by atoms with Crippen LogP contribution < -0.4 is 14.9 Å². The summed E-state index contributed by atoms with van der Waals surface area (Å²) in [5.41, 5.74) is 1.54. The van der Waals surface area contributed by atoms with Gasteiger partial charge in [-0.1, -0.05) is 48.3 Å². The summed E-state index contributed by atoms with van der Waals surface area (Å²) in [5.74, 6) is -2.00. The molecule has 0 spiro atoms. The summed E-state index contributed by atoms with van der Waals surface area (Å²) in [6, 6.07) is 13.1. The predicted molar refractivity (Wildman–Crippen MR) is 140 cm³/mol. The summed E-state index contributed by atoms with van der Waals surface area (Å²) in [7, 11) is -4.39. The molecule has 2 heterocycles. The number of hydrogen-bond donors (Lipinski definition) is 2. The van der Waals surface area contributed by atoms with E-state index in [0.717, 1.165) is 9.87 Å². The second-order valence-electron chi connectivity index (χ2n) is 8.22. The van der Waals surface area contributed by atoms with Gasteiger partial charge in [-0.05, 0) is 54.8 Å². The van der Waals surface area contributed by atoms with E-state index >= 15 is 0 Å². The first-order valence-electron chi connectivity index (χ1n) is 11.3. The Balaban J connectivity index is 1.72. The molecule has 0 bridgehead atoms. The molecule has 2 unspecified atom stereocenters. The maximum Gasteiger partial charge on any atom is 0.266 e. The van der Waals surface area contributed by atoms with Gasteiger partial charge in [0.2, 0.25) is 11.8 Å². The fraction of sp³-hybridized carbons (Fsp3) is 0.240. The average molecular weight is 547 g/mol. The number of aromatic nitrogens is 1. The van der Waals surface area contributed by atoms with Crippen LogP contribution in [0.1, 0.15) is 18.9 Å². The molecule has 2 N–H and O–H groups in total. The normalized spacial score (nSPS) is 16.1. The number of anilines is 2. The third-order valence-corrected chi connectivity index (χ3v) is 8.76. The van der Waals surface area contributed by atoms with E-state index in [0.29, 0.717) is 18.7 Å². The Morgan fingerprint density at radius 2 is 1.83 bits per heavy atom. The molecule has 2 aromatic carbocycles. The first-order valence-corrected chi connectivity index (χ1v) is 13.5. The Kier molecular flexibility index (Phi) is 7.82. The van der Waals surface area contributed by atoms with Crippen LogP contribution in [0.15, 0.2) is 71.9 Å². The highest BCUT2D eigenvalue weighted by Crippen LogP contribution is 2.41. The van der Waals surface area contributed by atoms with E-state index < -0.39 is 33.8 Å². The largest absolute Gasteiger partial charge is 0.355 e. The van der Waals surface area contributed by atoms with E-state index in [4.69, 9.17) is 23.2 Å². The van der Waals surface area contributed by atoms with Gasteiger partial charge in [0.1, 0.15) is 10.9 Å². The minimum Gasteiger partial charge on any atom is -0.355 e. The number of amides is 2. The van der Waals surface area contributed by atoms with E-state index in [1.807, 2.05) is 12.1 Å². The fourth-order valence-corrected chi connectivity index (χ4v) is 6.62. The first kappa shape index (κ1) is 25.9. The van der Waals surface area contributed by atoms with Crippen molar-refractivity contribution >= 4 is 56.4 Å². The minimum atomic E-state index is -4.39. The Bertz CT molecular complexity index is 1390. The molecule has 0 saturated carbocycles. The van der Waals surface area contributed by atoms with Crippen molar-refractivity contribution in [2.75, 3.05) is 16.2 Å². The zero-order valence-corrected chi connectivity index (χ0v) is 21.6. The molecular formula is C25H24Cl2N4O4S. The van der Waals surface area contributed by atoms with Gasteiger partial charge in [0.15, 0.2) is 0 Å². The lowest BCUT2D eigenvalue weighted by Crippen LogP contribution is -2.57. The lowest BCUT2D eigenvalue weighted by atomic mass is 9.93. The van der Waals surface area contributed by atoms with Gasteiger partial charge < -0.3 is 10.6 Å². The fourth-order valence-electron chi connectivity index (χ4n) is 4.21. The Hall–Kier alpha value is -3.14. The minimum absolute atomic E-state index is 0.0601. The monoisotopic (exact) mass is 546 g/mol. The number of halogens is 2. The van der Waals surface area contributed by atoms with Crippen LogP contribution in [-0.2, 0) is 26.0 Å². The second kappa shape index (κ2) is 10.9. The van der Waals surface area contributed by atoms with E-state index in [-0.39, 0.29) is 27.0 Å². The van der Waals surface area contributed by atoms with Crippen LogP contribution in [0.5, 0.6) is 0 Å². The molecular weight excluding hydrogens is 523 g/mol. The van der Waals surface area contributed by atoms with Gasteiger partial charge in [0.25, 0.3) is 10.0 Å². The van der Waals surface area contributed by atoms with Crippen molar-refractivity contribution in [1.82, 2.24) is 10.3 Å². The smallest absolute Gasteiger partial charge is 0.266 e. The predicted octanol–water partition coefficient (Wildman–Crippen LogP) is 4.29. The van der Waals surface area contributed by atoms with E-state index in [9.17, 15) is 18.0 Å². The maximum atomic E-state index is 14.0. The number of pyridine rings is 1. The zero-order valence-electron chi connectivity index (χ0n) is 19.3. The SMILES string of the molecule is CCC(C(=O)NCCc1ccncc1)C1C(=O)Nc2ccccc2N1S(=O)(=O)c1cccc(Cl)c1Cl. The summed E-state index contributed by atoms with van der Waals surface area (Å²) < 4.78 is 29.0. The molecule has 4 rings (SSSR count). The molecule has 2 atom stereocenters. The number of sulfonamides is 1. The van der Waals surface area contributed by atoms with Crippen molar-refractivity contribution in [1.29, 1.82) is 0 Å². The van der Waals surface area contributed by atoms with Crippen LogP contribution in [0.3, 0.4) is 0 Å². The molecule has 0 aliphatic carbocycles. The standard InChI is InChI=1S/C25H24Cl2N4O4S/c1-2-17(24(32)29-15-12-16-10-13-28-14-11-16)23-25(33)30-19-7-3-4-8-20(19)31(23)36(34,35)21-9-5-6-18(26)22(21)27/h3-11,13-14,17,23H,2,12,15H2,1H3,(H,29,32)(H,30,33). The van der Waals surface area contributed by atoms with Gasteiger partial charge in [-0.3, -0.25) is 18.9 Å². The number of hydrogen-bond acceptors (Lipinski definition) is 5. The Morgan fingerprint density at radius 3 is 2.56 bits per heavy atom. The Morgan fingerprint density at radius 1 is 1.11 bits per heavy atom. The number of rotatable bonds is 8. The second-order valence-corrected chi connectivity index (χ2v) is 10.8. The summed E-state index contributed by atoms with van der Waals surface area (Å²) in [6.45, 7) is 2.05. The molecule has 2 amide bonds. The highest BCUT2D eigenvalue weighted by molar-refractivity contribution is 7.93. The molecule has 0 saturated heterocycles. The van der Waals surface area contributed by atoms with Crippen molar-refractivity contribution < 1.29 is 18.0 Å². The summed E-state index contributed by atoms with van der Waals surface area (Å²) in [6.07, 6.45) is 4.11. The van der Waals surface area contributed by atoms with Gasteiger partial charge in [0, 0.05) is 18.9 Å². The van der Waals surface area contributed by atoms with Crippen molar-refractivity contribution in [3.63, 3.8) is 0 Å². The number of para-hydroxylation sites is 2. The van der Waals surface area contributed by atoms with E-state index in [1.54, 1.807) is 43.6 Å². The summed E-state index contributed by atoms with van der Waals surface area (Å²) >= 11 is 12.4. The number of nitrogens with zero attached hydrogens (tertiary/aromatic N) is 2. The zero-order chi connectivity index (χ0) is 25.9. The molecule has 3 aromatic rings. The number of fused-ring (bicyclic) bond motifs is 1. The quantitative estimate of drug-likeness (QED) is 0.438. The topological polar surface area (TPSA) is 108 Å². The third kappa shape index (κ3) is 5.04. The average Bonchev–Trinajstić information content (AvgIpc) is 2.86. The lowest BCUT2D eigenvalue weighted by Gasteiger charge is -2.40. The molecule has 1 aromatic heterocycles. The van der Waals surface area contributed by atoms with Crippen LogP contribution in [0.2, 0.25) is 10.0 Å². The molecule has 8 nitrogen and oxygen atoms in total. The number of nitrogens with one attached hydrogen (secondary N) is 2. The van der Waals surface area contributed by atoms with Crippen LogP contribution in [0.25, 0.3) is 0 Å². The number of carbonyl (C=O) groups is 2. The molecule has 1 aliphatic rings. The molecule has 36 heavy (non-hydrogen) atoms. The lowest BCUT2D eigenvalue weighted by molar-refractivity contribution is -0.129. The highest BCUT2D eigenvalue weighted by Gasteiger charge is 2.47. The molecule has 11 heteroatoms. The number of carbonyl (C=O) groups excluding carboxylic acids is 2. The van der Waals surface area contributed by atoms with Crippen molar-refractivity contribution in [2.45, 2.75) is 30.7 Å². The third-order valence-electron chi connectivity index (χ3n) is 5.99. The summed E-state index contributed by atoms with van der Waals surface area (Å²) in [4.78, 5) is 30.3. The van der Waals surface area contributed by atoms with Crippen LogP contribution >= 0.6 is 23.2 Å². The molecule has 1 aliphatic heterocycles. The van der Waals surface area contributed by atoms with Crippen molar-refractivity contribution in [3.05, 3.63) is 82.6 Å². The first-order chi connectivity index (χ1) is 17.3. The highest BCUT2D eigenvalue weighted by atomic mass is 35.5. The Labute approximate surface area is 219 Å². The summed E-state index contributed by atoms with van der Waals surface area (Å²) in [5, 5.41) is 5.50. The van der Waals surface area contributed by atoms with E-state index in [2.05, 4.69) is 15.6 Å². The number of benzene rings is 2. The molecule has 0 fully saturated rings. The van der Waals surface area contributed by atoms with E-state index in [1.165, 1.54) is 18.2 Å². The van der Waals surface area contributed by atoms with Gasteiger partial charge in [-0.2, -0.15) is 0 Å². The van der Waals surface area contributed by atoms with Gasteiger partial charge in [-0.15, -0.1) is 0 Å². The van der Waals surface area contributed by atoms with Gasteiger partial charge in [-0.25, -0.2) is 8.42 Å². The molecule has 0 radical (unpaired) electrons. The van der Waals surface area contributed by atoms with Crippen molar-refractivity contribution in [3.8, 4) is 0 Å². The van der Waals surface area contributed by atoms with Gasteiger partial charge in [0.05, 0.1) is 27.3 Å². The maximum absolute atomic E-state index is 14.0.